The first-order valence-corrected chi connectivity index (χ1v) is 6.77. The van der Waals surface area contributed by atoms with Crippen molar-refractivity contribution in [3.05, 3.63) is 39.5 Å². The second-order valence-corrected chi connectivity index (χ2v) is 5.07. The Balaban J connectivity index is 2.21. The highest BCUT2D eigenvalue weighted by atomic mass is 35.5. The van der Waals surface area contributed by atoms with Crippen LogP contribution in [0.25, 0.3) is 5.69 Å². The van der Waals surface area contributed by atoms with Gasteiger partial charge in [-0.2, -0.15) is 5.10 Å². The predicted octanol–water partition coefficient (Wildman–Crippen LogP) is 3.71. The van der Waals surface area contributed by atoms with Gasteiger partial charge >= 0.3 is 0 Å². The molecular weight excluding hydrogens is 269 g/mol. The summed E-state index contributed by atoms with van der Waals surface area (Å²) in [4.78, 5) is 0. The Morgan fingerprint density at radius 2 is 2.22 bits per heavy atom. The molecule has 0 saturated carbocycles. The fourth-order valence-corrected chi connectivity index (χ4v) is 2.74. The molecule has 1 aliphatic heterocycles. The van der Waals surface area contributed by atoms with Crippen molar-refractivity contribution in [3.8, 4) is 5.69 Å². The molecule has 1 N–H and O–H groups in total. The van der Waals surface area contributed by atoms with E-state index in [1.54, 1.807) is 6.07 Å². The predicted molar refractivity (Wildman–Crippen MR) is 75.2 cm³/mol. The van der Waals surface area contributed by atoms with Crippen LogP contribution in [0.5, 0.6) is 0 Å². The maximum Gasteiger partial charge on any atom is 0.133 e. The quantitative estimate of drug-likeness (QED) is 0.910. The number of benzene rings is 1. The number of halogens is 2. The molecular formula is C13H13Cl2N3. The van der Waals surface area contributed by atoms with Crippen LogP contribution in [0.2, 0.25) is 10.0 Å². The minimum absolute atomic E-state index is 0.542. The number of nitrogens with zero attached hydrogens (tertiary/aromatic N) is 2. The van der Waals surface area contributed by atoms with Gasteiger partial charge in [0.2, 0.25) is 0 Å². The van der Waals surface area contributed by atoms with Crippen molar-refractivity contribution in [2.45, 2.75) is 19.8 Å². The van der Waals surface area contributed by atoms with Gasteiger partial charge in [-0.3, -0.25) is 0 Å². The summed E-state index contributed by atoms with van der Waals surface area (Å²) in [5, 5.41) is 9.09. The van der Waals surface area contributed by atoms with Crippen molar-refractivity contribution in [2.75, 3.05) is 11.9 Å². The standard InChI is InChI=1S/C13H13Cl2N3/c1-2-10-8-6-7-16-13(8)18(17-10)11-5-3-4-9(14)12(11)15/h3-5,16H,2,6-7H2,1H3. The number of rotatable bonds is 2. The zero-order valence-corrected chi connectivity index (χ0v) is 11.5. The van der Waals surface area contributed by atoms with E-state index < -0.39 is 0 Å². The molecule has 0 fully saturated rings. The monoisotopic (exact) mass is 281 g/mol. The minimum Gasteiger partial charge on any atom is -0.369 e. The highest BCUT2D eigenvalue weighted by Gasteiger charge is 2.23. The topological polar surface area (TPSA) is 29.9 Å². The summed E-state index contributed by atoms with van der Waals surface area (Å²) in [5.74, 6) is 1.05. The Morgan fingerprint density at radius 1 is 1.39 bits per heavy atom. The largest absolute Gasteiger partial charge is 0.369 e. The number of aromatic nitrogens is 2. The first-order chi connectivity index (χ1) is 8.72. The molecule has 3 rings (SSSR count). The van der Waals surface area contributed by atoms with E-state index >= 15 is 0 Å². The zero-order chi connectivity index (χ0) is 12.7. The average molecular weight is 282 g/mol. The van der Waals surface area contributed by atoms with Crippen LogP contribution in [0.1, 0.15) is 18.2 Å². The smallest absolute Gasteiger partial charge is 0.133 e. The third-order valence-electron chi connectivity index (χ3n) is 3.23. The van der Waals surface area contributed by atoms with Crippen LogP contribution in [-0.4, -0.2) is 16.3 Å². The molecule has 18 heavy (non-hydrogen) atoms. The fourth-order valence-electron chi connectivity index (χ4n) is 2.36. The van der Waals surface area contributed by atoms with Crippen molar-refractivity contribution in [2.24, 2.45) is 0 Å². The Kier molecular flexibility index (Phi) is 2.96. The first kappa shape index (κ1) is 11.9. The van der Waals surface area contributed by atoms with E-state index in [-0.39, 0.29) is 0 Å². The maximum atomic E-state index is 6.26. The number of anilines is 1. The molecule has 1 aliphatic rings. The summed E-state index contributed by atoms with van der Waals surface area (Å²) in [6.07, 6.45) is 1.95. The van der Waals surface area contributed by atoms with Gasteiger partial charge in [0.25, 0.3) is 0 Å². The van der Waals surface area contributed by atoms with Gasteiger partial charge in [0, 0.05) is 12.1 Å². The molecule has 1 aromatic heterocycles. The maximum absolute atomic E-state index is 6.26. The molecule has 0 unspecified atom stereocenters. The molecule has 1 aromatic carbocycles. The van der Waals surface area contributed by atoms with Crippen molar-refractivity contribution < 1.29 is 0 Å². The summed E-state index contributed by atoms with van der Waals surface area (Å²) >= 11 is 12.3. The van der Waals surface area contributed by atoms with E-state index in [0.717, 1.165) is 36.6 Å². The molecule has 0 atom stereocenters. The fraction of sp³-hybridized carbons (Fsp3) is 0.308. The SMILES string of the molecule is CCc1nn(-c2cccc(Cl)c2Cl)c2c1CCN2. The van der Waals surface area contributed by atoms with E-state index in [0.29, 0.717) is 10.0 Å². The summed E-state index contributed by atoms with van der Waals surface area (Å²) in [7, 11) is 0. The number of hydrogen-bond donors (Lipinski definition) is 1. The number of nitrogens with one attached hydrogen (secondary N) is 1. The highest BCUT2D eigenvalue weighted by Crippen LogP contribution is 2.34. The molecule has 0 radical (unpaired) electrons. The van der Waals surface area contributed by atoms with Gasteiger partial charge in [-0.05, 0) is 25.0 Å². The van der Waals surface area contributed by atoms with Gasteiger partial charge < -0.3 is 5.32 Å². The van der Waals surface area contributed by atoms with Crippen LogP contribution in [-0.2, 0) is 12.8 Å². The first-order valence-electron chi connectivity index (χ1n) is 6.01. The average Bonchev–Trinajstić information content (AvgIpc) is 2.94. The van der Waals surface area contributed by atoms with Crippen LogP contribution < -0.4 is 5.32 Å². The van der Waals surface area contributed by atoms with Gasteiger partial charge in [-0.25, -0.2) is 4.68 Å². The number of aryl methyl sites for hydroxylation is 1. The van der Waals surface area contributed by atoms with Crippen LogP contribution >= 0.6 is 23.2 Å². The van der Waals surface area contributed by atoms with E-state index in [1.807, 2.05) is 16.8 Å². The zero-order valence-electron chi connectivity index (χ0n) is 10.0. The Morgan fingerprint density at radius 3 is 3.00 bits per heavy atom. The minimum atomic E-state index is 0.542. The van der Waals surface area contributed by atoms with E-state index in [2.05, 4.69) is 17.3 Å². The summed E-state index contributed by atoms with van der Waals surface area (Å²) in [5.41, 5.74) is 3.26. The van der Waals surface area contributed by atoms with E-state index in [9.17, 15) is 0 Å². The van der Waals surface area contributed by atoms with Crippen LogP contribution in [0.15, 0.2) is 18.2 Å². The van der Waals surface area contributed by atoms with Gasteiger partial charge in [-0.15, -0.1) is 0 Å². The van der Waals surface area contributed by atoms with E-state index in [1.165, 1.54) is 5.56 Å². The number of hydrogen-bond acceptors (Lipinski definition) is 2. The Labute approximate surface area is 116 Å². The third kappa shape index (κ3) is 1.70. The van der Waals surface area contributed by atoms with E-state index in [4.69, 9.17) is 23.2 Å². The second kappa shape index (κ2) is 4.48. The number of fused-ring (bicyclic) bond motifs is 1. The van der Waals surface area contributed by atoms with Gasteiger partial charge in [0.1, 0.15) is 5.82 Å². The lowest BCUT2D eigenvalue weighted by atomic mass is 10.2. The van der Waals surface area contributed by atoms with Crippen LogP contribution in [0.4, 0.5) is 5.82 Å². The molecule has 0 bridgehead atoms. The lowest BCUT2D eigenvalue weighted by Crippen LogP contribution is -2.05. The normalized spacial score (nSPS) is 13.5. The van der Waals surface area contributed by atoms with Crippen molar-refractivity contribution >= 4 is 29.0 Å². The molecule has 2 heterocycles. The Hall–Kier alpha value is -1.19. The molecule has 0 amide bonds. The Bertz CT molecular complexity index is 605. The van der Waals surface area contributed by atoms with Crippen LogP contribution in [0, 0.1) is 0 Å². The molecule has 0 aliphatic carbocycles. The van der Waals surface area contributed by atoms with Gasteiger partial charge in [-0.1, -0.05) is 36.2 Å². The van der Waals surface area contributed by atoms with Crippen molar-refractivity contribution in [3.63, 3.8) is 0 Å². The molecule has 3 nitrogen and oxygen atoms in total. The van der Waals surface area contributed by atoms with Crippen LogP contribution in [0.3, 0.4) is 0 Å². The summed E-state index contributed by atoms with van der Waals surface area (Å²) in [6, 6.07) is 5.60. The molecule has 0 spiro atoms. The molecule has 5 heteroatoms. The third-order valence-corrected chi connectivity index (χ3v) is 4.04. The summed E-state index contributed by atoms with van der Waals surface area (Å²) in [6.45, 7) is 3.07. The molecule has 2 aromatic rings. The van der Waals surface area contributed by atoms with Crippen molar-refractivity contribution in [1.29, 1.82) is 0 Å². The second-order valence-electron chi connectivity index (χ2n) is 4.29. The highest BCUT2D eigenvalue weighted by molar-refractivity contribution is 6.43. The lowest BCUT2D eigenvalue weighted by Gasteiger charge is -2.09. The van der Waals surface area contributed by atoms with Gasteiger partial charge in [0.15, 0.2) is 0 Å². The molecule has 0 saturated heterocycles. The van der Waals surface area contributed by atoms with Crippen molar-refractivity contribution in [1.82, 2.24) is 9.78 Å². The lowest BCUT2D eigenvalue weighted by molar-refractivity contribution is 0.832. The van der Waals surface area contributed by atoms with Gasteiger partial charge in [0.05, 0.1) is 21.4 Å². The molecule has 94 valence electrons. The summed E-state index contributed by atoms with van der Waals surface area (Å²) < 4.78 is 1.87.